The Morgan fingerprint density at radius 1 is 1.33 bits per heavy atom. The summed E-state index contributed by atoms with van der Waals surface area (Å²) in [7, 11) is 0. The molecule has 0 saturated heterocycles. The first-order valence-corrected chi connectivity index (χ1v) is 8.15. The maximum atomic E-state index is 9.35. The van der Waals surface area contributed by atoms with Crippen molar-refractivity contribution in [3.05, 3.63) is 39.9 Å². The second-order valence-corrected chi connectivity index (χ2v) is 6.32. The first-order chi connectivity index (χ1) is 10.2. The zero-order valence-corrected chi connectivity index (χ0v) is 13.1. The predicted molar refractivity (Wildman–Crippen MR) is 81.1 cm³/mol. The summed E-state index contributed by atoms with van der Waals surface area (Å²) < 4.78 is 5.18. The third-order valence-electron chi connectivity index (χ3n) is 3.92. The summed E-state index contributed by atoms with van der Waals surface area (Å²) in [4.78, 5) is 4.73. The van der Waals surface area contributed by atoms with Crippen molar-refractivity contribution in [2.24, 2.45) is 0 Å². The molecule has 0 fully saturated rings. The van der Waals surface area contributed by atoms with Crippen LogP contribution >= 0.6 is 11.8 Å². The van der Waals surface area contributed by atoms with Gasteiger partial charge in [0.1, 0.15) is 16.9 Å². The minimum Gasteiger partial charge on any atom is -0.361 e. The van der Waals surface area contributed by atoms with Gasteiger partial charge in [-0.25, -0.2) is 4.98 Å². The van der Waals surface area contributed by atoms with Crippen LogP contribution < -0.4 is 0 Å². The van der Waals surface area contributed by atoms with E-state index in [2.05, 4.69) is 11.2 Å². The van der Waals surface area contributed by atoms with Crippen LogP contribution in [-0.4, -0.2) is 10.1 Å². The molecular formula is C16H17N3OS. The average Bonchev–Trinajstić information content (AvgIpc) is 2.83. The monoisotopic (exact) mass is 299 g/mol. The lowest BCUT2D eigenvalue weighted by atomic mass is 9.95. The van der Waals surface area contributed by atoms with Crippen molar-refractivity contribution < 1.29 is 4.52 Å². The number of aromatic nitrogens is 2. The van der Waals surface area contributed by atoms with Crippen molar-refractivity contribution in [3.63, 3.8) is 0 Å². The lowest BCUT2D eigenvalue weighted by Gasteiger charge is -2.16. The van der Waals surface area contributed by atoms with E-state index in [1.165, 1.54) is 24.1 Å². The molecule has 0 aliphatic heterocycles. The Balaban J connectivity index is 1.86. The SMILES string of the molecule is Cc1noc(C)c1CSc1nc2c(cc1C#N)CCCC2. The van der Waals surface area contributed by atoms with Gasteiger partial charge in [0.15, 0.2) is 0 Å². The van der Waals surface area contributed by atoms with Crippen LogP contribution in [0, 0.1) is 25.2 Å². The standard InChI is InChI=1S/C16H17N3OS/c1-10-14(11(2)20-19-10)9-21-16-13(8-17)7-12-5-3-4-6-15(12)18-16/h7H,3-6,9H2,1-2H3. The molecule has 2 aromatic rings. The number of nitrogens with zero attached hydrogens (tertiary/aromatic N) is 3. The first kappa shape index (κ1) is 14.2. The second kappa shape index (κ2) is 5.90. The van der Waals surface area contributed by atoms with Gasteiger partial charge in [-0.2, -0.15) is 5.26 Å². The van der Waals surface area contributed by atoms with Crippen LogP contribution in [0.5, 0.6) is 0 Å². The van der Waals surface area contributed by atoms with Gasteiger partial charge in [0.25, 0.3) is 0 Å². The van der Waals surface area contributed by atoms with E-state index in [0.29, 0.717) is 5.56 Å². The van der Waals surface area contributed by atoms with Crippen LogP contribution in [0.1, 0.15) is 46.7 Å². The molecule has 1 aliphatic carbocycles. The van der Waals surface area contributed by atoms with Gasteiger partial charge in [-0.15, -0.1) is 11.8 Å². The molecule has 0 aromatic carbocycles. The Hall–Kier alpha value is -1.80. The predicted octanol–water partition coefficient (Wildman–Crippen LogP) is 3.73. The van der Waals surface area contributed by atoms with E-state index in [4.69, 9.17) is 9.51 Å². The van der Waals surface area contributed by atoms with Gasteiger partial charge in [0, 0.05) is 17.0 Å². The molecule has 21 heavy (non-hydrogen) atoms. The molecule has 0 saturated carbocycles. The zero-order valence-electron chi connectivity index (χ0n) is 12.3. The Labute approximate surface area is 128 Å². The lowest BCUT2D eigenvalue weighted by Crippen LogP contribution is -2.07. The molecule has 2 aromatic heterocycles. The Morgan fingerprint density at radius 2 is 2.14 bits per heavy atom. The van der Waals surface area contributed by atoms with E-state index in [0.717, 1.165) is 40.6 Å². The third kappa shape index (κ3) is 2.81. The van der Waals surface area contributed by atoms with Gasteiger partial charge in [-0.1, -0.05) is 5.16 Å². The molecule has 5 heteroatoms. The summed E-state index contributed by atoms with van der Waals surface area (Å²) in [5.74, 6) is 1.58. The molecule has 0 N–H and O–H groups in total. The summed E-state index contributed by atoms with van der Waals surface area (Å²) in [6.07, 6.45) is 4.47. The van der Waals surface area contributed by atoms with E-state index >= 15 is 0 Å². The molecule has 2 heterocycles. The summed E-state index contributed by atoms with van der Waals surface area (Å²) in [5.41, 5.74) is 5.12. The summed E-state index contributed by atoms with van der Waals surface area (Å²) >= 11 is 1.60. The maximum absolute atomic E-state index is 9.35. The Kier molecular flexibility index (Phi) is 3.98. The summed E-state index contributed by atoms with van der Waals surface area (Å²) in [5, 5.41) is 14.2. The van der Waals surface area contributed by atoms with Crippen LogP contribution in [0.2, 0.25) is 0 Å². The van der Waals surface area contributed by atoms with E-state index in [-0.39, 0.29) is 0 Å². The zero-order chi connectivity index (χ0) is 14.8. The van der Waals surface area contributed by atoms with Crippen molar-refractivity contribution in [1.29, 1.82) is 5.26 Å². The number of hydrogen-bond donors (Lipinski definition) is 0. The van der Waals surface area contributed by atoms with Crippen molar-refractivity contribution in [2.45, 2.75) is 50.3 Å². The number of rotatable bonds is 3. The van der Waals surface area contributed by atoms with Crippen molar-refractivity contribution >= 4 is 11.8 Å². The summed E-state index contributed by atoms with van der Waals surface area (Å²) in [6.45, 7) is 3.86. The normalized spacial score (nSPS) is 13.8. The fourth-order valence-electron chi connectivity index (χ4n) is 2.65. The Bertz CT molecular complexity index is 696. The van der Waals surface area contributed by atoms with Gasteiger partial charge in [-0.3, -0.25) is 0 Å². The molecule has 0 atom stereocenters. The van der Waals surface area contributed by atoms with Crippen LogP contribution in [-0.2, 0) is 18.6 Å². The van der Waals surface area contributed by atoms with E-state index in [1.807, 2.05) is 19.9 Å². The highest BCUT2D eigenvalue weighted by atomic mass is 32.2. The number of hydrogen-bond acceptors (Lipinski definition) is 5. The number of pyridine rings is 1. The smallest absolute Gasteiger partial charge is 0.137 e. The van der Waals surface area contributed by atoms with E-state index < -0.39 is 0 Å². The van der Waals surface area contributed by atoms with Crippen molar-refractivity contribution in [1.82, 2.24) is 10.1 Å². The van der Waals surface area contributed by atoms with Crippen molar-refractivity contribution in [3.8, 4) is 6.07 Å². The minimum absolute atomic E-state index is 0.687. The molecule has 0 bridgehead atoms. The maximum Gasteiger partial charge on any atom is 0.137 e. The summed E-state index contributed by atoms with van der Waals surface area (Å²) in [6, 6.07) is 4.31. The molecule has 4 nitrogen and oxygen atoms in total. The van der Waals surface area contributed by atoms with E-state index in [1.54, 1.807) is 11.8 Å². The van der Waals surface area contributed by atoms with Crippen LogP contribution in [0.3, 0.4) is 0 Å². The van der Waals surface area contributed by atoms with Gasteiger partial charge in [-0.05, 0) is 51.2 Å². The largest absolute Gasteiger partial charge is 0.361 e. The molecular weight excluding hydrogens is 282 g/mol. The molecule has 1 aliphatic rings. The fraction of sp³-hybridized carbons (Fsp3) is 0.438. The highest BCUT2D eigenvalue weighted by molar-refractivity contribution is 7.98. The molecule has 0 amide bonds. The van der Waals surface area contributed by atoms with Crippen molar-refractivity contribution in [2.75, 3.05) is 0 Å². The Morgan fingerprint density at radius 3 is 2.86 bits per heavy atom. The van der Waals surface area contributed by atoms with Crippen LogP contribution in [0.25, 0.3) is 0 Å². The fourth-order valence-corrected chi connectivity index (χ4v) is 3.78. The third-order valence-corrected chi connectivity index (χ3v) is 4.94. The lowest BCUT2D eigenvalue weighted by molar-refractivity contribution is 0.392. The topological polar surface area (TPSA) is 62.7 Å². The molecule has 108 valence electrons. The number of fused-ring (bicyclic) bond motifs is 1. The minimum atomic E-state index is 0.687. The first-order valence-electron chi connectivity index (χ1n) is 7.16. The molecule has 3 rings (SSSR count). The number of nitriles is 1. The number of aryl methyl sites for hydroxylation is 4. The van der Waals surface area contributed by atoms with Gasteiger partial charge < -0.3 is 4.52 Å². The highest BCUT2D eigenvalue weighted by Crippen LogP contribution is 2.30. The van der Waals surface area contributed by atoms with Gasteiger partial charge in [0.05, 0.1) is 11.3 Å². The van der Waals surface area contributed by atoms with Gasteiger partial charge >= 0.3 is 0 Å². The average molecular weight is 299 g/mol. The molecule has 0 spiro atoms. The van der Waals surface area contributed by atoms with Crippen LogP contribution in [0.15, 0.2) is 15.6 Å². The molecule has 0 radical (unpaired) electrons. The quantitative estimate of drug-likeness (QED) is 0.808. The molecule has 0 unspecified atom stereocenters. The highest BCUT2D eigenvalue weighted by Gasteiger charge is 2.17. The second-order valence-electron chi connectivity index (χ2n) is 5.36. The van der Waals surface area contributed by atoms with Gasteiger partial charge in [0.2, 0.25) is 0 Å². The van der Waals surface area contributed by atoms with E-state index in [9.17, 15) is 5.26 Å². The number of thioether (sulfide) groups is 1. The van der Waals surface area contributed by atoms with Crippen LogP contribution in [0.4, 0.5) is 0 Å².